The van der Waals surface area contributed by atoms with Crippen LogP contribution >= 0.6 is 0 Å². The Morgan fingerprint density at radius 1 is 0.500 bits per heavy atom. The van der Waals surface area contributed by atoms with E-state index in [4.69, 9.17) is 4.42 Å². The van der Waals surface area contributed by atoms with Gasteiger partial charge in [-0.3, -0.25) is 0 Å². The van der Waals surface area contributed by atoms with Crippen molar-refractivity contribution in [2.75, 3.05) is 0 Å². The fourth-order valence-corrected chi connectivity index (χ4v) is 3.43. The highest BCUT2D eigenvalue weighted by Gasteiger charge is 2.08. The van der Waals surface area contributed by atoms with E-state index in [0.29, 0.717) is 0 Å². The van der Waals surface area contributed by atoms with E-state index in [9.17, 15) is 4.39 Å². The predicted octanol–water partition coefficient (Wildman–Crippen LogP) is 7.06. The number of fused-ring (bicyclic) bond motifs is 3. The lowest BCUT2D eigenvalue weighted by Crippen LogP contribution is -1.82. The molecule has 2 heteroatoms. The quantitative estimate of drug-likeness (QED) is 0.336. The summed E-state index contributed by atoms with van der Waals surface area (Å²) >= 11 is 0. The Labute approximate surface area is 150 Å². The molecule has 26 heavy (non-hydrogen) atoms. The number of hydrogen-bond donors (Lipinski definition) is 0. The smallest absolute Gasteiger partial charge is 0.135 e. The summed E-state index contributed by atoms with van der Waals surface area (Å²) in [6.45, 7) is 0. The highest BCUT2D eigenvalue weighted by molar-refractivity contribution is 6.06. The molecule has 0 N–H and O–H groups in total. The molecule has 0 atom stereocenters. The van der Waals surface area contributed by atoms with Crippen LogP contribution in [0, 0.1) is 5.82 Å². The van der Waals surface area contributed by atoms with Crippen LogP contribution in [-0.4, -0.2) is 0 Å². The molecule has 124 valence electrons. The van der Waals surface area contributed by atoms with Gasteiger partial charge in [0.15, 0.2) is 0 Å². The molecule has 1 nitrogen and oxygen atoms in total. The van der Waals surface area contributed by atoms with Crippen molar-refractivity contribution in [1.82, 2.24) is 0 Å². The average molecular weight is 338 g/mol. The lowest BCUT2D eigenvalue weighted by atomic mass is 9.99. The van der Waals surface area contributed by atoms with Crippen molar-refractivity contribution in [2.45, 2.75) is 0 Å². The molecule has 0 unspecified atom stereocenters. The Kier molecular flexibility index (Phi) is 3.36. The fourth-order valence-electron chi connectivity index (χ4n) is 3.43. The second-order valence-corrected chi connectivity index (χ2v) is 6.40. The number of halogens is 1. The normalized spacial score (nSPS) is 11.3. The van der Waals surface area contributed by atoms with Gasteiger partial charge in [0.25, 0.3) is 0 Å². The summed E-state index contributed by atoms with van der Waals surface area (Å²) in [6.07, 6.45) is 0. The minimum atomic E-state index is -0.219. The first-order valence-corrected chi connectivity index (χ1v) is 8.56. The number of rotatable bonds is 2. The molecule has 1 aromatic heterocycles. The van der Waals surface area contributed by atoms with E-state index in [2.05, 4.69) is 30.3 Å². The highest BCUT2D eigenvalue weighted by atomic mass is 19.1. The molecule has 0 aliphatic heterocycles. The van der Waals surface area contributed by atoms with Gasteiger partial charge in [0.2, 0.25) is 0 Å². The summed E-state index contributed by atoms with van der Waals surface area (Å²) in [6, 6.07) is 29.2. The van der Waals surface area contributed by atoms with Gasteiger partial charge >= 0.3 is 0 Å². The number of benzene rings is 4. The Morgan fingerprint density at radius 3 is 1.92 bits per heavy atom. The third kappa shape index (κ3) is 2.47. The van der Waals surface area contributed by atoms with Gasteiger partial charge in [0.1, 0.15) is 17.0 Å². The summed E-state index contributed by atoms with van der Waals surface area (Å²) < 4.78 is 19.3. The molecule has 4 aromatic carbocycles. The van der Waals surface area contributed by atoms with E-state index in [1.165, 1.54) is 6.07 Å². The third-order valence-electron chi connectivity index (χ3n) is 4.75. The zero-order valence-corrected chi connectivity index (χ0v) is 13.9. The number of para-hydroxylation sites is 1. The summed E-state index contributed by atoms with van der Waals surface area (Å²) in [5.41, 5.74) is 5.94. The van der Waals surface area contributed by atoms with Crippen molar-refractivity contribution in [2.24, 2.45) is 0 Å². The van der Waals surface area contributed by atoms with Gasteiger partial charge in [0.05, 0.1) is 0 Å². The molecular formula is C24H15FO. The van der Waals surface area contributed by atoms with Crippen LogP contribution in [0.15, 0.2) is 95.4 Å². The Balaban J connectivity index is 1.58. The van der Waals surface area contributed by atoms with Crippen LogP contribution in [0.5, 0.6) is 0 Å². The van der Waals surface area contributed by atoms with Crippen LogP contribution in [0.3, 0.4) is 0 Å². The van der Waals surface area contributed by atoms with E-state index in [0.717, 1.165) is 44.2 Å². The van der Waals surface area contributed by atoms with Gasteiger partial charge < -0.3 is 4.42 Å². The first-order valence-electron chi connectivity index (χ1n) is 8.56. The van der Waals surface area contributed by atoms with Crippen molar-refractivity contribution in [3.63, 3.8) is 0 Å². The maximum absolute atomic E-state index is 13.4. The molecule has 0 radical (unpaired) electrons. The second-order valence-electron chi connectivity index (χ2n) is 6.40. The molecular weight excluding hydrogens is 323 g/mol. The van der Waals surface area contributed by atoms with Crippen LogP contribution in [-0.2, 0) is 0 Å². The SMILES string of the molecule is Fc1cccc(-c2ccc(-c3ccc4oc5ccccc5c4c3)cc2)c1. The molecule has 0 saturated heterocycles. The number of furan rings is 1. The lowest BCUT2D eigenvalue weighted by molar-refractivity contribution is 0.628. The van der Waals surface area contributed by atoms with E-state index in [1.54, 1.807) is 12.1 Å². The van der Waals surface area contributed by atoms with Crippen LogP contribution < -0.4 is 0 Å². The molecule has 0 aliphatic carbocycles. The average Bonchev–Trinajstić information content (AvgIpc) is 3.06. The summed E-state index contributed by atoms with van der Waals surface area (Å²) in [7, 11) is 0. The van der Waals surface area contributed by atoms with Gasteiger partial charge in [0, 0.05) is 10.8 Å². The lowest BCUT2D eigenvalue weighted by Gasteiger charge is -2.05. The van der Waals surface area contributed by atoms with Crippen LogP contribution in [0.4, 0.5) is 4.39 Å². The topological polar surface area (TPSA) is 13.1 Å². The number of hydrogen-bond acceptors (Lipinski definition) is 1. The molecule has 0 amide bonds. The van der Waals surface area contributed by atoms with Gasteiger partial charge in [-0.25, -0.2) is 4.39 Å². The van der Waals surface area contributed by atoms with Crippen molar-refractivity contribution < 1.29 is 8.81 Å². The van der Waals surface area contributed by atoms with Crippen LogP contribution in [0.1, 0.15) is 0 Å². The van der Waals surface area contributed by atoms with Gasteiger partial charge in [-0.15, -0.1) is 0 Å². The highest BCUT2D eigenvalue weighted by Crippen LogP contribution is 2.33. The van der Waals surface area contributed by atoms with Crippen molar-refractivity contribution >= 4 is 21.9 Å². The molecule has 0 aliphatic rings. The first-order chi connectivity index (χ1) is 12.8. The standard InChI is InChI=1S/C24H15FO/c25-20-5-3-4-18(14-20)16-8-10-17(11-9-16)19-12-13-24-22(15-19)21-6-1-2-7-23(21)26-24/h1-15H. The van der Waals surface area contributed by atoms with E-state index >= 15 is 0 Å². The van der Waals surface area contributed by atoms with Crippen LogP contribution in [0.2, 0.25) is 0 Å². The molecule has 5 aromatic rings. The van der Waals surface area contributed by atoms with E-state index in [-0.39, 0.29) is 5.82 Å². The van der Waals surface area contributed by atoms with Crippen molar-refractivity contribution in [1.29, 1.82) is 0 Å². The minimum absolute atomic E-state index is 0.219. The summed E-state index contributed by atoms with van der Waals surface area (Å²) in [4.78, 5) is 0. The fraction of sp³-hybridized carbons (Fsp3) is 0. The third-order valence-corrected chi connectivity index (χ3v) is 4.75. The molecule has 0 spiro atoms. The van der Waals surface area contributed by atoms with Crippen molar-refractivity contribution in [3.05, 3.63) is 96.8 Å². The Bertz CT molecular complexity index is 1230. The van der Waals surface area contributed by atoms with E-state index < -0.39 is 0 Å². The zero-order chi connectivity index (χ0) is 17.5. The van der Waals surface area contributed by atoms with Crippen LogP contribution in [0.25, 0.3) is 44.2 Å². The van der Waals surface area contributed by atoms with Gasteiger partial charge in [-0.2, -0.15) is 0 Å². The Hall–Kier alpha value is -3.39. The molecule has 0 saturated carbocycles. The maximum atomic E-state index is 13.4. The van der Waals surface area contributed by atoms with Gasteiger partial charge in [-0.05, 0) is 52.6 Å². The predicted molar refractivity (Wildman–Crippen MR) is 105 cm³/mol. The zero-order valence-electron chi connectivity index (χ0n) is 13.9. The van der Waals surface area contributed by atoms with Gasteiger partial charge in [-0.1, -0.05) is 60.7 Å². The summed E-state index contributed by atoms with van der Waals surface area (Å²) in [5, 5.41) is 2.24. The molecule has 1 heterocycles. The van der Waals surface area contributed by atoms with E-state index in [1.807, 2.05) is 42.5 Å². The Morgan fingerprint density at radius 2 is 1.15 bits per heavy atom. The first kappa shape index (κ1) is 14.9. The minimum Gasteiger partial charge on any atom is -0.456 e. The maximum Gasteiger partial charge on any atom is 0.135 e. The largest absolute Gasteiger partial charge is 0.456 e. The second kappa shape index (κ2) is 5.85. The molecule has 5 rings (SSSR count). The molecule has 0 bridgehead atoms. The molecule has 0 fully saturated rings. The monoisotopic (exact) mass is 338 g/mol. The van der Waals surface area contributed by atoms with Crippen molar-refractivity contribution in [3.8, 4) is 22.3 Å². The summed E-state index contributed by atoms with van der Waals surface area (Å²) in [5.74, 6) is -0.219.